The first-order valence-electron chi connectivity index (χ1n) is 8.65. The Labute approximate surface area is 171 Å². The number of amidine groups is 1. The van der Waals surface area contributed by atoms with Crippen molar-refractivity contribution in [2.24, 2.45) is 4.99 Å². The number of carbonyl (C=O) groups excluding carboxylic acids is 1. The lowest BCUT2D eigenvalue weighted by Gasteiger charge is -2.13. The van der Waals surface area contributed by atoms with Crippen LogP contribution >= 0.6 is 30.7 Å². The summed E-state index contributed by atoms with van der Waals surface area (Å²) in [6.45, 7) is 4.51. The molecule has 0 saturated carbocycles. The molecule has 2 heterocycles. The highest BCUT2D eigenvalue weighted by molar-refractivity contribution is 8.14. The van der Waals surface area contributed by atoms with E-state index in [4.69, 9.17) is 4.74 Å². The highest BCUT2D eigenvalue weighted by Crippen LogP contribution is 2.36. The summed E-state index contributed by atoms with van der Waals surface area (Å²) in [6.07, 6.45) is 0.388. The van der Waals surface area contributed by atoms with Gasteiger partial charge < -0.3 is 19.8 Å². The maximum absolute atomic E-state index is 12.6. The summed E-state index contributed by atoms with van der Waals surface area (Å²) in [5, 5.41) is 3.43. The van der Waals surface area contributed by atoms with E-state index in [1.807, 2.05) is 19.9 Å². The molecular weight excluding hydrogens is 419 g/mol. The van der Waals surface area contributed by atoms with Crippen LogP contribution in [0.5, 0.6) is 5.75 Å². The van der Waals surface area contributed by atoms with Crippen LogP contribution in [0.15, 0.2) is 35.3 Å². The van der Waals surface area contributed by atoms with E-state index in [-0.39, 0.29) is 16.6 Å². The van der Waals surface area contributed by atoms with Crippen molar-refractivity contribution >= 4 is 46.4 Å². The molecule has 1 aromatic carbocycles. The van der Waals surface area contributed by atoms with Gasteiger partial charge in [0.1, 0.15) is 10.4 Å². The van der Waals surface area contributed by atoms with Crippen molar-refractivity contribution in [3.63, 3.8) is 0 Å². The number of thiophene rings is 1. The Morgan fingerprint density at radius 3 is 2.71 bits per heavy atom. The van der Waals surface area contributed by atoms with Gasteiger partial charge in [0.15, 0.2) is 5.17 Å². The van der Waals surface area contributed by atoms with Gasteiger partial charge in [0, 0.05) is 22.6 Å². The van der Waals surface area contributed by atoms with E-state index in [1.165, 1.54) is 17.8 Å². The van der Waals surface area contributed by atoms with E-state index in [2.05, 4.69) is 10.3 Å². The fourth-order valence-electron chi connectivity index (χ4n) is 2.63. The second-order valence-corrected chi connectivity index (χ2v) is 10.6. The minimum atomic E-state index is -4.26. The molecule has 3 N–H and O–H groups in total. The molecule has 28 heavy (non-hydrogen) atoms. The largest absolute Gasteiger partial charge is 0.491 e. The molecule has 0 atom stereocenters. The molecular formula is C18H21N2O5PS2. The van der Waals surface area contributed by atoms with Gasteiger partial charge in [0.05, 0.1) is 12.6 Å². The molecule has 0 saturated heterocycles. The van der Waals surface area contributed by atoms with Gasteiger partial charge in [0.2, 0.25) is 0 Å². The standard InChI is InChI=1S/C18H21N2O5PS2/c1-11(2)25-14-8-12(9-15-3-4-16(28-15)26(22,23)24)7-13(10-14)17(21)20-18-19-5-6-27-18/h3-4,7-8,10-11H,5-6,9H2,1-2H3,(H,19,20,21)(H2,22,23,24). The third-order valence-corrected chi connectivity index (χ3v) is 7.21. The third kappa shape index (κ3) is 5.68. The van der Waals surface area contributed by atoms with Crippen LogP contribution in [0.3, 0.4) is 0 Å². The van der Waals surface area contributed by atoms with Crippen LogP contribution in [0, 0.1) is 0 Å². The van der Waals surface area contributed by atoms with Crippen molar-refractivity contribution in [2.45, 2.75) is 26.4 Å². The smallest absolute Gasteiger partial charge is 0.366 e. The molecule has 3 rings (SSSR count). The molecule has 0 unspecified atom stereocenters. The van der Waals surface area contributed by atoms with Crippen LogP contribution in [0.1, 0.15) is 34.6 Å². The Morgan fingerprint density at radius 2 is 2.11 bits per heavy atom. The molecule has 1 aromatic heterocycles. The zero-order valence-corrected chi connectivity index (χ0v) is 17.9. The monoisotopic (exact) mass is 440 g/mol. The maximum atomic E-state index is 12.6. The fraction of sp³-hybridized carbons (Fsp3) is 0.333. The molecule has 150 valence electrons. The van der Waals surface area contributed by atoms with Crippen LogP contribution < -0.4 is 14.7 Å². The number of thioether (sulfide) groups is 1. The van der Waals surface area contributed by atoms with Crippen LogP contribution in [0.4, 0.5) is 0 Å². The first-order chi connectivity index (χ1) is 13.2. The highest BCUT2D eigenvalue weighted by Gasteiger charge is 2.20. The van der Waals surface area contributed by atoms with E-state index < -0.39 is 7.60 Å². The van der Waals surface area contributed by atoms with E-state index >= 15 is 0 Å². The van der Waals surface area contributed by atoms with Gasteiger partial charge in [-0.05, 0) is 49.7 Å². The summed E-state index contributed by atoms with van der Waals surface area (Å²) in [5.74, 6) is 1.17. The lowest BCUT2D eigenvalue weighted by Crippen LogP contribution is -2.27. The predicted octanol–water partition coefficient (Wildman–Crippen LogP) is 2.76. The van der Waals surface area contributed by atoms with E-state index in [9.17, 15) is 19.1 Å². The van der Waals surface area contributed by atoms with E-state index in [0.29, 0.717) is 29.4 Å². The zero-order chi connectivity index (χ0) is 20.3. The molecule has 7 nitrogen and oxygen atoms in total. The summed E-state index contributed by atoms with van der Waals surface area (Å²) >= 11 is 2.57. The lowest BCUT2D eigenvalue weighted by atomic mass is 10.1. The van der Waals surface area contributed by atoms with E-state index in [0.717, 1.165) is 27.5 Å². The van der Waals surface area contributed by atoms with Gasteiger partial charge in [0.25, 0.3) is 5.91 Å². The van der Waals surface area contributed by atoms with Crippen molar-refractivity contribution in [1.82, 2.24) is 5.32 Å². The fourth-order valence-corrected chi connectivity index (χ4v) is 5.23. The summed E-state index contributed by atoms with van der Waals surface area (Å²) in [5.41, 5.74) is 1.28. The quantitative estimate of drug-likeness (QED) is 0.596. The summed E-state index contributed by atoms with van der Waals surface area (Å²) in [7, 11) is -4.26. The summed E-state index contributed by atoms with van der Waals surface area (Å²) in [6, 6.07) is 8.43. The van der Waals surface area contributed by atoms with Crippen LogP contribution in [-0.4, -0.2) is 39.3 Å². The van der Waals surface area contributed by atoms with Crippen molar-refractivity contribution in [3.05, 3.63) is 46.3 Å². The first kappa shape index (κ1) is 21.1. The van der Waals surface area contributed by atoms with E-state index in [1.54, 1.807) is 18.2 Å². The third-order valence-electron chi connectivity index (χ3n) is 3.72. The molecule has 0 spiro atoms. The predicted molar refractivity (Wildman–Crippen MR) is 113 cm³/mol. The minimum Gasteiger partial charge on any atom is -0.491 e. The topological polar surface area (TPSA) is 108 Å². The van der Waals surface area contributed by atoms with Crippen molar-refractivity contribution in [1.29, 1.82) is 0 Å². The average molecular weight is 440 g/mol. The maximum Gasteiger partial charge on any atom is 0.366 e. The zero-order valence-electron chi connectivity index (χ0n) is 15.4. The van der Waals surface area contributed by atoms with Crippen LogP contribution in [0.2, 0.25) is 0 Å². The minimum absolute atomic E-state index is 0.0336. The van der Waals surface area contributed by atoms with Gasteiger partial charge in [-0.15, -0.1) is 11.3 Å². The molecule has 1 amide bonds. The Hall–Kier alpha value is -1.64. The number of hydrogen-bond donors (Lipinski definition) is 3. The summed E-state index contributed by atoms with van der Waals surface area (Å²) in [4.78, 5) is 36.2. The molecule has 0 radical (unpaired) electrons. The molecule has 2 aromatic rings. The number of aliphatic imine (C=N–C) groups is 1. The molecule has 0 bridgehead atoms. The molecule has 1 aliphatic rings. The lowest BCUT2D eigenvalue weighted by molar-refractivity contribution is 0.0977. The first-order valence-corrected chi connectivity index (χ1v) is 12.1. The number of amides is 1. The molecule has 0 aliphatic carbocycles. The Kier molecular flexibility index (Phi) is 6.62. The molecule has 0 fully saturated rings. The molecule has 10 heteroatoms. The van der Waals surface area contributed by atoms with Gasteiger partial charge >= 0.3 is 7.60 Å². The SMILES string of the molecule is CC(C)Oc1cc(Cc2ccc(P(=O)(O)O)s2)cc(C(=O)NC2=NCCS2)c1. The van der Waals surface area contributed by atoms with Crippen LogP contribution in [-0.2, 0) is 11.0 Å². The number of ether oxygens (including phenoxy) is 1. The van der Waals surface area contributed by atoms with Gasteiger partial charge in [-0.2, -0.15) is 0 Å². The van der Waals surface area contributed by atoms with Gasteiger partial charge in [-0.25, -0.2) is 0 Å². The molecule has 1 aliphatic heterocycles. The summed E-state index contributed by atoms with van der Waals surface area (Å²) < 4.78 is 17.2. The number of nitrogens with zero attached hydrogens (tertiary/aromatic N) is 1. The van der Waals surface area contributed by atoms with Gasteiger partial charge in [-0.1, -0.05) is 11.8 Å². The Morgan fingerprint density at radius 1 is 1.32 bits per heavy atom. The number of carbonyl (C=O) groups is 1. The Bertz CT molecular complexity index is 951. The Balaban J connectivity index is 1.85. The number of nitrogens with one attached hydrogen (secondary N) is 1. The van der Waals surface area contributed by atoms with Crippen molar-refractivity contribution < 1.29 is 23.9 Å². The second kappa shape index (κ2) is 8.80. The highest BCUT2D eigenvalue weighted by atomic mass is 32.2. The number of hydrogen-bond acceptors (Lipinski definition) is 6. The normalized spacial score (nSPS) is 14.2. The number of rotatable bonds is 6. The van der Waals surface area contributed by atoms with Crippen LogP contribution in [0.25, 0.3) is 0 Å². The van der Waals surface area contributed by atoms with Crippen molar-refractivity contribution in [3.8, 4) is 5.75 Å². The number of benzene rings is 1. The van der Waals surface area contributed by atoms with Gasteiger partial charge in [-0.3, -0.25) is 14.4 Å². The second-order valence-electron chi connectivity index (χ2n) is 6.48. The average Bonchev–Trinajstić information content (AvgIpc) is 3.25. The van der Waals surface area contributed by atoms with Crippen molar-refractivity contribution in [2.75, 3.05) is 12.3 Å².